The second-order valence-corrected chi connectivity index (χ2v) is 6.40. The fourth-order valence-corrected chi connectivity index (χ4v) is 3.28. The highest BCUT2D eigenvalue weighted by atomic mass is 35.5. The zero-order chi connectivity index (χ0) is 14.7. The summed E-state index contributed by atoms with van der Waals surface area (Å²) in [6.07, 6.45) is 3.54. The molecule has 0 spiro atoms. The van der Waals surface area contributed by atoms with Crippen LogP contribution in [-0.2, 0) is 9.59 Å². The van der Waals surface area contributed by atoms with E-state index in [1.807, 2.05) is 9.80 Å². The standard InChI is InChI=1S/C15H26N4O2.ClH/c20-14(18-4-2-1-3-5-18)12-17-6-8-19(9-7-17)15(21)13-10-16-11-13;/h13,16H,1-12H2;1H. The highest BCUT2D eigenvalue weighted by molar-refractivity contribution is 5.85. The van der Waals surface area contributed by atoms with E-state index in [9.17, 15) is 9.59 Å². The fraction of sp³-hybridized carbons (Fsp3) is 0.867. The summed E-state index contributed by atoms with van der Waals surface area (Å²) in [6.45, 7) is 7.20. The average molecular weight is 331 g/mol. The van der Waals surface area contributed by atoms with Gasteiger partial charge in [-0.05, 0) is 19.3 Å². The third-order valence-electron chi connectivity index (χ3n) is 4.88. The van der Waals surface area contributed by atoms with Crippen LogP contribution in [0.4, 0.5) is 0 Å². The second-order valence-electron chi connectivity index (χ2n) is 6.40. The molecule has 3 aliphatic heterocycles. The molecule has 1 N–H and O–H groups in total. The molecule has 0 aromatic rings. The quantitative estimate of drug-likeness (QED) is 0.777. The van der Waals surface area contributed by atoms with Gasteiger partial charge in [0.25, 0.3) is 0 Å². The summed E-state index contributed by atoms with van der Waals surface area (Å²) < 4.78 is 0. The number of halogens is 1. The Morgan fingerprint density at radius 3 is 2.05 bits per heavy atom. The number of carbonyl (C=O) groups is 2. The van der Waals surface area contributed by atoms with Crippen LogP contribution in [0.1, 0.15) is 19.3 Å². The molecule has 0 aromatic carbocycles. The van der Waals surface area contributed by atoms with E-state index in [0.717, 1.165) is 65.2 Å². The Labute approximate surface area is 138 Å². The number of rotatable bonds is 3. The summed E-state index contributed by atoms with van der Waals surface area (Å²) in [7, 11) is 0. The Morgan fingerprint density at radius 2 is 1.50 bits per heavy atom. The van der Waals surface area contributed by atoms with E-state index < -0.39 is 0 Å². The molecule has 2 amide bonds. The molecule has 3 fully saturated rings. The fourth-order valence-electron chi connectivity index (χ4n) is 3.28. The van der Waals surface area contributed by atoms with Crippen molar-refractivity contribution in [2.75, 3.05) is 58.9 Å². The van der Waals surface area contributed by atoms with Gasteiger partial charge in [-0.3, -0.25) is 14.5 Å². The van der Waals surface area contributed by atoms with Gasteiger partial charge in [-0.15, -0.1) is 12.4 Å². The Bertz CT molecular complexity index is 389. The van der Waals surface area contributed by atoms with E-state index in [1.165, 1.54) is 6.42 Å². The maximum Gasteiger partial charge on any atom is 0.236 e. The highest BCUT2D eigenvalue weighted by Gasteiger charge is 2.31. The molecule has 0 atom stereocenters. The Balaban J connectivity index is 0.00000176. The molecule has 0 bridgehead atoms. The summed E-state index contributed by atoms with van der Waals surface area (Å²) in [5.74, 6) is 0.736. The lowest BCUT2D eigenvalue weighted by Crippen LogP contribution is -2.57. The van der Waals surface area contributed by atoms with Crippen molar-refractivity contribution in [2.24, 2.45) is 5.92 Å². The van der Waals surface area contributed by atoms with Crippen LogP contribution >= 0.6 is 12.4 Å². The molecule has 0 aromatic heterocycles. The lowest BCUT2D eigenvalue weighted by Gasteiger charge is -2.39. The third-order valence-corrected chi connectivity index (χ3v) is 4.88. The predicted octanol–water partition coefficient (Wildman–Crippen LogP) is -0.216. The van der Waals surface area contributed by atoms with Gasteiger partial charge in [0.15, 0.2) is 0 Å². The van der Waals surface area contributed by atoms with Gasteiger partial charge < -0.3 is 15.1 Å². The molecule has 6 nitrogen and oxygen atoms in total. The van der Waals surface area contributed by atoms with Gasteiger partial charge in [-0.2, -0.15) is 0 Å². The minimum Gasteiger partial charge on any atom is -0.342 e. The van der Waals surface area contributed by atoms with Crippen LogP contribution in [-0.4, -0.2) is 85.4 Å². The van der Waals surface area contributed by atoms with E-state index >= 15 is 0 Å². The van der Waals surface area contributed by atoms with E-state index in [4.69, 9.17) is 0 Å². The van der Waals surface area contributed by atoms with Crippen LogP contribution < -0.4 is 5.32 Å². The number of nitrogens with one attached hydrogen (secondary N) is 1. The first kappa shape index (κ1) is 17.5. The molecule has 0 unspecified atom stereocenters. The summed E-state index contributed by atoms with van der Waals surface area (Å²) >= 11 is 0. The maximum atomic E-state index is 12.2. The lowest BCUT2D eigenvalue weighted by molar-refractivity contribution is -0.139. The van der Waals surface area contributed by atoms with Crippen LogP contribution in [0.5, 0.6) is 0 Å². The van der Waals surface area contributed by atoms with E-state index in [-0.39, 0.29) is 30.1 Å². The van der Waals surface area contributed by atoms with Crippen molar-refractivity contribution in [3.05, 3.63) is 0 Å². The molecular weight excluding hydrogens is 304 g/mol. The van der Waals surface area contributed by atoms with Gasteiger partial charge in [0, 0.05) is 52.4 Å². The molecular formula is C15H27ClN4O2. The number of piperazine rings is 1. The van der Waals surface area contributed by atoms with E-state index in [2.05, 4.69) is 10.2 Å². The summed E-state index contributed by atoms with van der Waals surface area (Å²) in [5, 5.41) is 3.14. The third kappa shape index (κ3) is 4.12. The van der Waals surface area contributed by atoms with E-state index in [1.54, 1.807) is 0 Å². The van der Waals surface area contributed by atoms with Gasteiger partial charge in [-0.25, -0.2) is 0 Å². The van der Waals surface area contributed by atoms with Crippen molar-refractivity contribution in [3.8, 4) is 0 Å². The monoisotopic (exact) mass is 330 g/mol. The number of hydrogen-bond acceptors (Lipinski definition) is 4. The number of carbonyl (C=O) groups excluding carboxylic acids is 2. The normalized spacial score (nSPS) is 23.6. The molecule has 22 heavy (non-hydrogen) atoms. The number of hydrogen-bond donors (Lipinski definition) is 1. The minimum absolute atomic E-state index is 0. The maximum absolute atomic E-state index is 12.2. The summed E-state index contributed by atoms with van der Waals surface area (Å²) in [5.41, 5.74) is 0. The molecule has 0 saturated carbocycles. The van der Waals surface area contributed by atoms with Crippen LogP contribution in [0.2, 0.25) is 0 Å². The first-order valence-corrected chi connectivity index (χ1v) is 8.23. The topological polar surface area (TPSA) is 55.9 Å². The molecule has 3 heterocycles. The largest absolute Gasteiger partial charge is 0.342 e. The van der Waals surface area contributed by atoms with E-state index in [0.29, 0.717) is 6.54 Å². The van der Waals surface area contributed by atoms with Crippen molar-refractivity contribution < 1.29 is 9.59 Å². The number of amides is 2. The number of piperidine rings is 1. The van der Waals surface area contributed by atoms with Crippen LogP contribution in [0, 0.1) is 5.92 Å². The van der Waals surface area contributed by atoms with Crippen molar-refractivity contribution >= 4 is 24.2 Å². The molecule has 3 rings (SSSR count). The second kappa shape index (κ2) is 8.13. The summed E-state index contributed by atoms with van der Waals surface area (Å²) in [4.78, 5) is 30.6. The van der Waals surface area contributed by atoms with Gasteiger partial charge in [0.05, 0.1) is 12.5 Å². The number of nitrogens with zero attached hydrogens (tertiary/aromatic N) is 3. The molecule has 3 aliphatic rings. The Kier molecular flexibility index (Phi) is 6.47. The molecule has 0 aliphatic carbocycles. The van der Waals surface area contributed by atoms with Crippen molar-refractivity contribution in [1.82, 2.24) is 20.0 Å². The zero-order valence-corrected chi connectivity index (χ0v) is 13.9. The van der Waals surface area contributed by atoms with Crippen LogP contribution in [0.3, 0.4) is 0 Å². The van der Waals surface area contributed by atoms with Crippen LogP contribution in [0.15, 0.2) is 0 Å². The van der Waals surface area contributed by atoms with Crippen LogP contribution in [0.25, 0.3) is 0 Å². The van der Waals surface area contributed by atoms with Gasteiger partial charge in [0.2, 0.25) is 11.8 Å². The molecule has 0 radical (unpaired) electrons. The summed E-state index contributed by atoms with van der Waals surface area (Å²) in [6, 6.07) is 0. The molecule has 126 valence electrons. The first-order valence-electron chi connectivity index (χ1n) is 8.23. The zero-order valence-electron chi connectivity index (χ0n) is 13.1. The van der Waals surface area contributed by atoms with Gasteiger partial charge in [-0.1, -0.05) is 0 Å². The Morgan fingerprint density at radius 1 is 0.864 bits per heavy atom. The first-order chi connectivity index (χ1) is 10.2. The minimum atomic E-state index is 0. The SMILES string of the molecule is Cl.O=C(CN1CCN(C(=O)C2CNC2)CC1)N1CCCCC1. The number of likely N-dealkylation sites (tertiary alicyclic amines) is 1. The Hall–Kier alpha value is -0.850. The predicted molar refractivity (Wildman–Crippen MR) is 87.1 cm³/mol. The molecule has 7 heteroatoms. The average Bonchev–Trinajstić information content (AvgIpc) is 2.47. The van der Waals surface area contributed by atoms with Gasteiger partial charge >= 0.3 is 0 Å². The van der Waals surface area contributed by atoms with Crippen molar-refractivity contribution in [1.29, 1.82) is 0 Å². The smallest absolute Gasteiger partial charge is 0.236 e. The highest BCUT2D eigenvalue weighted by Crippen LogP contribution is 2.12. The van der Waals surface area contributed by atoms with Crippen molar-refractivity contribution in [3.63, 3.8) is 0 Å². The van der Waals surface area contributed by atoms with Gasteiger partial charge in [0.1, 0.15) is 0 Å². The van der Waals surface area contributed by atoms with Crippen molar-refractivity contribution in [2.45, 2.75) is 19.3 Å². The lowest BCUT2D eigenvalue weighted by atomic mass is 10.0. The molecule has 3 saturated heterocycles.